The number of nitrogens with zero attached hydrogens (tertiary/aromatic N) is 2. The third-order valence-corrected chi connectivity index (χ3v) is 5.87. The van der Waals surface area contributed by atoms with Crippen LogP contribution in [0, 0.1) is 10.1 Å². The van der Waals surface area contributed by atoms with Gasteiger partial charge in [-0.2, -0.15) is 0 Å². The number of fused-ring (bicyclic) bond motifs is 1. The maximum Gasteiger partial charge on any atom is 0.312 e. The minimum Gasteiger partial charge on any atom is -0.481 e. The van der Waals surface area contributed by atoms with E-state index < -0.39 is 16.7 Å². The molecule has 176 valence electrons. The first kappa shape index (κ1) is 22.4. The van der Waals surface area contributed by atoms with Crippen LogP contribution >= 0.6 is 15.9 Å². The van der Waals surface area contributed by atoms with Gasteiger partial charge in [-0.15, -0.1) is 0 Å². The minimum atomic E-state index is -0.610. The number of halogens is 1. The maximum absolute atomic E-state index is 12.8. The zero-order chi connectivity index (χ0) is 24.5. The Balaban J connectivity index is 1.41. The summed E-state index contributed by atoms with van der Waals surface area (Å²) in [6, 6.07) is 16.7. The van der Waals surface area contributed by atoms with Crippen LogP contribution in [0.3, 0.4) is 0 Å². The number of para-hydroxylation sites is 1. The van der Waals surface area contributed by atoms with Crippen LogP contribution < -0.4 is 24.6 Å². The molecule has 10 nitrogen and oxygen atoms in total. The number of hydrogen-bond donors (Lipinski definition) is 1. The summed E-state index contributed by atoms with van der Waals surface area (Å²) in [5.74, 6) is 0.0344. The Morgan fingerprint density at radius 1 is 1.09 bits per heavy atom. The van der Waals surface area contributed by atoms with E-state index in [0.717, 1.165) is 10.6 Å². The number of amides is 2. The van der Waals surface area contributed by atoms with Crippen molar-refractivity contribution in [2.75, 3.05) is 11.8 Å². The fourth-order valence-electron chi connectivity index (χ4n) is 3.63. The average molecular weight is 538 g/mol. The topological polar surface area (TPSA) is 120 Å². The molecule has 1 saturated heterocycles. The lowest BCUT2D eigenvalue weighted by molar-refractivity contribution is -0.386. The molecule has 11 heteroatoms. The number of carbonyl (C=O) groups is 2. The van der Waals surface area contributed by atoms with Gasteiger partial charge in [0.1, 0.15) is 12.2 Å². The predicted octanol–water partition coefficient (Wildman–Crippen LogP) is 4.13. The highest BCUT2D eigenvalue weighted by atomic mass is 79.9. The molecule has 0 saturated carbocycles. The summed E-state index contributed by atoms with van der Waals surface area (Å²) in [6.07, 6.45) is 1.31. The Bertz CT molecular complexity index is 1390. The Morgan fingerprint density at radius 3 is 2.63 bits per heavy atom. The highest BCUT2D eigenvalue weighted by Crippen LogP contribution is 2.39. The molecule has 0 radical (unpaired) electrons. The van der Waals surface area contributed by atoms with Crippen molar-refractivity contribution in [2.45, 2.75) is 6.61 Å². The van der Waals surface area contributed by atoms with E-state index in [1.165, 1.54) is 12.1 Å². The van der Waals surface area contributed by atoms with Gasteiger partial charge in [0.25, 0.3) is 11.8 Å². The predicted molar refractivity (Wildman–Crippen MR) is 128 cm³/mol. The number of nitrogens with one attached hydrogen (secondary N) is 1. The van der Waals surface area contributed by atoms with Crippen LogP contribution in [0.2, 0.25) is 0 Å². The van der Waals surface area contributed by atoms with E-state index >= 15 is 0 Å². The molecule has 0 bridgehead atoms. The van der Waals surface area contributed by atoms with E-state index in [0.29, 0.717) is 21.7 Å². The second kappa shape index (κ2) is 9.11. The molecule has 0 spiro atoms. The zero-order valence-electron chi connectivity index (χ0n) is 17.9. The Labute approximate surface area is 206 Å². The first-order valence-electron chi connectivity index (χ1n) is 10.3. The molecule has 35 heavy (non-hydrogen) atoms. The van der Waals surface area contributed by atoms with Gasteiger partial charge >= 0.3 is 5.69 Å². The second-order valence-corrected chi connectivity index (χ2v) is 8.41. The monoisotopic (exact) mass is 537 g/mol. The van der Waals surface area contributed by atoms with Crippen molar-refractivity contribution in [3.05, 3.63) is 92.0 Å². The number of rotatable bonds is 6. The Morgan fingerprint density at radius 2 is 1.86 bits per heavy atom. The summed E-state index contributed by atoms with van der Waals surface area (Å²) in [6.45, 7) is 0.181. The Kier molecular flexibility index (Phi) is 5.83. The van der Waals surface area contributed by atoms with Crippen molar-refractivity contribution in [1.82, 2.24) is 5.43 Å². The van der Waals surface area contributed by atoms with Gasteiger partial charge in [-0.25, -0.2) is 5.01 Å². The fourth-order valence-corrected chi connectivity index (χ4v) is 4.21. The SMILES string of the molecule is O=C1NN(c2ccccc2)C(=O)/C1=C\c1cc(Br)c(OCc2ccc3c(c2)OCO3)c([N+](=O)[O-])c1. The van der Waals surface area contributed by atoms with Crippen molar-refractivity contribution in [1.29, 1.82) is 0 Å². The third-order valence-electron chi connectivity index (χ3n) is 5.28. The minimum absolute atomic E-state index is 0.0166. The molecule has 0 aromatic heterocycles. The first-order chi connectivity index (χ1) is 16.9. The van der Waals surface area contributed by atoms with Crippen molar-refractivity contribution in [3.63, 3.8) is 0 Å². The van der Waals surface area contributed by atoms with Gasteiger partial charge in [0.2, 0.25) is 12.5 Å². The summed E-state index contributed by atoms with van der Waals surface area (Å²) in [5, 5.41) is 12.9. The average Bonchev–Trinajstić information content (AvgIpc) is 3.43. The summed E-state index contributed by atoms with van der Waals surface area (Å²) in [4.78, 5) is 36.5. The smallest absolute Gasteiger partial charge is 0.312 e. The lowest BCUT2D eigenvalue weighted by atomic mass is 10.1. The highest BCUT2D eigenvalue weighted by molar-refractivity contribution is 9.10. The standard InChI is InChI=1S/C24H16BrN3O7/c25-18-9-15(8-17-23(29)26-27(24(17)30)16-4-2-1-3-5-16)10-19(28(31)32)22(18)33-12-14-6-7-20-21(11-14)35-13-34-20/h1-11H,12-13H2,(H,26,29)/b17-8-. The Hall–Kier alpha value is -4.38. The number of benzene rings is 3. The number of nitro groups is 1. The largest absolute Gasteiger partial charge is 0.481 e. The van der Waals surface area contributed by atoms with Crippen LogP contribution in [-0.4, -0.2) is 23.5 Å². The molecule has 2 amide bonds. The molecule has 1 fully saturated rings. The van der Waals surface area contributed by atoms with Gasteiger partial charge < -0.3 is 14.2 Å². The van der Waals surface area contributed by atoms with Crippen molar-refractivity contribution >= 4 is 45.2 Å². The summed E-state index contributed by atoms with van der Waals surface area (Å²) >= 11 is 3.32. The number of ether oxygens (including phenoxy) is 3. The maximum atomic E-state index is 12.8. The van der Waals surface area contributed by atoms with Crippen molar-refractivity contribution in [2.24, 2.45) is 0 Å². The molecular weight excluding hydrogens is 522 g/mol. The van der Waals surface area contributed by atoms with Gasteiger partial charge in [-0.1, -0.05) is 24.3 Å². The van der Waals surface area contributed by atoms with Crippen LogP contribution in [0.15, 0.2) is 70.7 Å². The summed E-state index contributed by atoms with van der Waals surface area (Å²) in [5.41, 5.74) is 3.54. The van der Waals surface area contributed by atoms with E-state index in [2.05, 4.69) is 21.4 Å². The molecule has 2 aliphatic heterocycles. The van der Waals surface area contributed by atoms with Crippen LogP contribution in [0.25, 0.3) is 6.08 Å². The second-order valence-electron chi connectivity index (χ2n) is 7.56. The first-order valence-corrected chi connectivity index (χ1v) is 11.1. The molecular formula is C24H16BrN3O7. The van der Waals surface area contributed by atoms with Gasteiger partial charge in [0.15, 0.2) is 11.5 Å². The number of carbonyl (C=O) groups excluding carboxylic acids is 2. The number of hydrogen-bond acceptors (Lipinski definition) is 7. The molecule has 3 aromatic carbocycles. The van der Waals surface area contributed by atoms with Gasteiger partial charge in [-0.05, 0) is 63.5 Å². The summed E-state index contributed by atoms with van der Waals surface area (Å²) in [7, 11) is 0. The molecule has 0 unspecified atom stereocenters. The van der Waals surface area contributed by atoms with Crippen LogP contribution in [-0.2, 0) is 16.2 Å². The molecule has 0 aliphatic carbocycles. The third kappa shape index (κ3) is 4.41. The molecule has 3 aromatic rings. The quantitative estimate of drug-likeness (QED) is 0.217. The highest BCUT2D eigenvalue weighted by Gasteiger charge is 2.34. The van der Waals surface area contributed by atoms with Crippen molar-refractivity contribution in [3.8, 4) is 17.2 Å². The number of hydrazine groups is 1. The van der Waals surface area contributed by atoms with E-state index in [9.17, 15) is 19.7 Å². The van der Waals surface area contributed by atoms with E-state index in [4.69, 9.17) is 14.2 Å². The lowest BCUT2D eigenvalue weighted by Gasteiger charge is -2.13. The van der Waals surface area contributed by atoms with Crippen LogP contribution in [0.1, 0.15) is 11.1 Å². The molecule has 2 heterocycles. The molecule has 5 rings (SSSR count). The normalized spacial score (nSPS) is 15.5. The molecule has 2 aliphatic rings. The summed E-state index contributed by atoms with van der Waals surface area (Å²) < 4.78 is 16.7. The number of anilines is 1. The van der Waals surface area contributed by atoms with Crippen LogP contribution in [0.5, 0.6) is 17.2 Å². The fraction of sp³-hybridized carbons (Fsp3) is 0.0833. The van der Waals surface area contributed by atoms with E-state index in [-0.39, 0.29) is 36.0 Å². The molecule has 0 atom stereocenters. The van der Waals surface area contributed by atoms with Gasteiger partial charge in [-0.3, -0.25) is 25.1 Å². The van der Waals surface area contributed by atoms with Gasteiger partial charge in [0.05, 0.1) is 15.1 Å². The lowest BCUT2D eigenvalue weighted by Crippen LogP contribution is -2.35. The molecule has 1 N–H and O–H groups in total. The van der Waals surface area contributed by atoms with Crippen LogP contribution in [0.4, 0.5) is 11.4 Å². The van der Waals surface area contributed by atoms with Crippen molar-refractivity contribution < 1.29 is 28.7 Å². The van der Waals surface area contributed by atoms with E-state index in [1.54, 1.807) is 54.6 Å². The van der Waals surface area contributed by atoms with E-state index in [1.807, 2.05) is 0 Å². The van der Waals surface area contributed by atoms with Gasteiger partial charge in [0, 0.05) is 6.07 Å². The zero-order valence-corrected chi connectivity index (χ0v) is 19.5. The number of nitro benzene ring substituents is 1.